The molecule has 0 radical (unpaired) electrons. The van der Waals surface area contributed by atoms with E-state index < -0.39 is 0 Å². The zero-order valence-electron chi connectivity index (χ0n) is 11.7. The van der Waals surface area contributed by atoms with Crippen molar-refractivity contribution < 1.29 is 9.59 Å². The van der Waals surface area contributed by atoms with Crippen LogP contribution < -0.4 is 16.0 Å². The van der Waals surface area contributed by atoms with E-state index in [2.05, 4.69) is 16.0 Å². The van der Waals surface area contributed by atoms with Gasteiger partial charge in [0.05, 0.1) is 6.54 Å². The molecule has 2 rings (SSSR count). The lowest BCUT2D eigenvalue weighted by Gasteiger charge is -2.08. The van der Waals surface area contributed by atoms with Gasteiger partial charge in [-0.3, -0.25) is 9.59 Å². The van der Waals surface area contributed by atoms with Crippen LogP contribution in [0.25, 0.3) is 0 Å². The molecule has 0 unspecified atom stereocenters. The fraction of sp³-hybridized carbons (Fsp3) is 0.467. The quantitative estimate of drug-likeness (QED) is 0.651. The molecule has 1 aliphatic rings. The Hall–Kier alpha value is -1.88. The fourth-order valence-electron chi connectivity index (χ4n) is 1.81. The number of carbonyl (C=O) groups excluding carboxylic acids is 2. The number of hydrogen-bond acceptors (Lipinski definition) is 3. The molecule has 0 spiro atoms. The van der Waals surface area contributed by atoms with Crippen LogP contribution in [0.2, 0.25) is 0 Å². The van der Waals surface area contributed by atoms with Crippen LogP contribution in [0, 0.1) is 12.8 Å². The number of amides is 2. The molecule has 5 nitrogen and oxygen atoms in total. The Balaban J connectivity index is 1.55. The SMILES string of the molecule is Cc1ccc(NC(=O)CNCCNC(=O)C2CC2)cc1. The van der Waals surface area contributed by atoms with Gasteiger partial charge in [0, 0.05) is 24.7 Å². The van der Waals surface area contributed by atoms with Gasteiger partial charge in [-0.05, 0) is 31.9 Å². The summed E-state index contributed by atoms with van der Waals surface area (Å²) in [5, 5.41) is 8.65. The molecular formula is C15H21N3O2. The van der Waals surface area contributed by atoms with Crippen molar-refractivity contribution in [1.29, 1.82) is 0 Å². The minimum Gasteiger partial charge on any atom is -0.355 e. The van der Waals surface area contributed by atoms with Gasteiger partial charge in [0.1, 0.15) is 0 Å². The van der Waals surface area contributed by atoms with Gasteiger partial charge in [0.15, 0.2) is 0 Å². The summed E-state index contributed by atoms with van der Waals surface area (Å²) in [4.78, 5) is 23.0. The van der Waals surface area contributed by atoms with Gasteiger partial charge in [-0.2, -0.15) is 0 Å². The maximum absolute atomic E-state index is 11.7. The number of hydrogen-bond donors (Lipinski definition) is 3. The van der Waals surface area contributed by atoms with Gasteiger partial charge in [-0.1, -0.05) is 17.7 Å². The molecule has 108 valence electrons. The number of benzene rings is 1. The molecule has 1 aliphatic carbocycles. The van der Waals surface area contributed by atoms with E-state index in [-0.39, 0.29) is 24.3 Å². The molecule has 0 heterocycles. The maximum Gasteiger partial charge on any atom is 0.238 e. The van der Waals surface area contributed by atoms with Gasteiger partial charge in [0.2, 0.25) is 11.8 Å². The predicted octanol–water partition coefficient (Wildman–Crippen LogP) is 1.05. The molecule has 1 saturated carbocycles. The average Bonchev–Trinajstić information content (AvgIpc) is 3.25. The minimum absolute atomic E-state index is 0.0811. The Bertz CT molecular complexity index is 467. The molecular weight excluding hydrogens is 254 g/mol. The van der Waals surface area contributed by atoms with Crippen LogP contribution in [0.1, 0.15) is 18.4 Å². The van der Waals surface area contributed by atoms with Gasteiger partial charge in [0.25, 0.3) is 0 Å². The average molecular weight is 275 g/mol. The van der Waals surface area contributed by atoms with E-state index in [0.717, 1.165) is 24.1 Å². The summed E-state index contributed by atoms with van der Waals surface area (Å²) in [6.45, 7) is 3.41. The molecule has 5 heteroatoms. The van der Waals surface area contributed by atoms with E-state index in [1.54, 1.807) is 0 Å². The van der Waals surface area contributed by atoms with Crippen molar-refractivity contribution in [2.24, 2.45) is 5.92 Å². The molecule has 0 aliphatic heterocycles. The van der Waals surface area contributed by atoms with Crippen molar-refractivity contribution in [2.75, 3.05) is 25.0 Å². The highest BCUT2D eigenvalue weighted by Gasteiger charge is 2.28. The molecule has 0 bridgehead atoms. The monoisotopic (exact) mass is 275 g/mol. The van der Waals surface area contributed by atoms with E-state index in [1.807, 2.05) is 31.2 Å². The minimum atomic E-state index is -0.0811. The smallest absolute Gasteiger partial charge is 0.238 e. The van der Waals surface area contributed by atoms with E-state index >= 15 is 0 Å². The Morgan fingerprint density at radius 1 is 1.15 bits per heavy atom. The third kappa shape index (κ3) is 5.01. The standard InChI is InChI=1S/C15H21N3O2/c1-11-2-6-13(7-3-11)18-14(19)10-16-8-9-17-15(20)12-4-5-12/h2-3,6-7,12,16H,4-5,8-10H2,1H3,(H,17,20)(H,18,19). The number of carbonyl (C=O) groups is 2. The Labute approximate surface area is 119 Å². The van der Waals surface area contributed by atoms with Crippen LogP contribution in [-0.2, 0) is 9.59 Å². The van der Waals surface area contributed by atoms with Crippen molar-refractivity contribution in [2.45, 2.75) is 19.8 Å². The first-order valence-electron chi connectivity index (χ1n) is 7.00. The third-order valence-electron chi connectivity index (χ3n) is 3.17. The normalized spacial score (nSPS) is 13.8. The lowest BCUT2D eigenvalue weighted by molar-refractivity contribution is -0.122. The van der Waals surface area contributed by atoms with Crippen molar-refractivity contribution >= 4 is 17.5 Å². The molecule has 2 amide bonds. The number of anilines is 1. The fourth-order valence-corrected chi connectivity index (χ4v) is 1.81. The lowest BCUT2D eigenvalue weighted by Crippen LogP contribution is -2.36. The van der Waals surface area contributed by atoms with Crippen molar-refractivity contribution in [3.63, 3.8) is 0 Å². The van der Waals surface area contributed by atoms with Crippen molar-refractivity contribution in [3.8, 4) is 0 Å². The molecule has 0 atom stereocenters. The second kappa shape index (κ2) is 7.05. The third-order valence-corrected chi connectivity index (χ3v) is 3.17. The van der Waals surface area contributed by atoms with Gasteiger partial charge < -0.3 is 16.0 Å². The van der Waals surface area contributed by atoms with Crippen LogP contribution in [0.5, 0.6) is 0 Å². The molecule has 1 aromatic carbocycles. The van der Waals surface area contributed by atoms with E-state index in [9.17, 15) is 9.59 Å². The van der Waals surface area contributed by atoms with Crippen LogP contribution >= 0.6 is 0 Å². The summed E-state index contributed by atoms with van der Waals surface area (Å²) in [5.74, 6) is 0.290. The summed E-state index contributed by atoms with van der Waals surface area (Å²) in [7, 11) is 0. The summed E-state index contributed by atoms with van der Waals surface area (Å²) in [6.07, 6.45) is 2.02. The summed E-state index contributed by atoms with van der Waals surface area (Å²) < 4.78 is 0. The lowest BCUT2D eigenvalue weighted by atomic mass is 10.2. The zero-order chi connectivity index (χ0) is 14.4. The topological polar surface area (TPSA) is 70.2 Å². The molecule has 3 N–H and O–H groups in total. The van der Waals surface area contributed by atoms with E-state index in [0.29, 0.717) is 13.1 Å². The molecule has 20 heavy (non-hydrogen) atoms. The van der Waals surface area contributed by atoms with Crippen LogP contribution in [0.3, 0.4) is 0 Å². The zero-order valence-corrected chi connectivity index (χ0v) is 11.7. The second-order valence-electron chi connectivity index (χ2n) is 5.16. The van der Waals surface area contributed by atoms with Crippen LogP contribution in [0.4, 0.5) is 5.69 Å². The van der Waals surface area contributed by atoms with Crippen LogP contribution in [-0.4, -0.2) is 31.4 Å². The first-order valence-corrected chi connectivity index (χ1v) is 7.00. The highest BCUT2D eigenvalue weighted by molar-refractivity contribution is 5.92. The van der Waals surface area contributed by atoms with Crippen LogP contribution in [0.15, 0.2) is 24.3 Å². The first-order chi connectivity index (χ1) is 9.65. The number of aryl methyl sites for hydroxylation is 1. The van der Waals surface area contributed by atoms with Crippen molar-refractivity contribution in [3.05, 3.63) is 29.8 Å². The van der Waals surface area contributed by atoms with Gasteiger partial charge in [-0.15, -0.1) is 0 Å². The Morgan fingerprint density at radius 2 is 1.85 bits per heavy atom. The van der Waals surface area contributed by atoms with E-state index in [1.165, 1.54) is 0 Å². The highest BCUT2D eigenvalue weighted by atomic mass is 16.2. The number of nitrogens with one attached hydrogen (secondary N) is 3. The van der Waals surface area contributed by atoms with Gasteiger partial charge >= 0.3 is 0 Å². The molecule has 0 saturated heterocycles. The number of rotatable bonds is 7. The molecule has 1 fully saturated rings. The van der Waals surface area contributed by atoms with Gasteiger partial charge in [-0.25, -0.2) is 0 Å². The summed E-state index contributed by atoms with van der Waals surface area (Å²) in [6, 6.07) is 7.67. The molecule has 1 aromatic rings. The maximum atomic E-state index is 11.7. The van der Waals surface area contributed by atoms with E-state index in [4.69, 9.17) is 0 Å². The summed E-state index contributed by atoms with van der Waals surface area (Å²) in [5.41, 5.74) is 1.96. The highest BCUT2D eigenvalue weighted by Crippen LogP contribution is 2.28. The summed E-state index contributed by atoms with van der Waals surface area (Å²) >= 11 is 0. The largest absolute Gasteiger partial charge is 0.355 e. The first kappa shape index (κ1) is 14.5. The Kier molecular flexibility index (Phi) is 5.12. The molecule has 0 aromatic heterocycles. The predicted molar refractivity (Wildman–Crippen MR) is 78.4 cm³/mol. The Morgan fingerprint density at radius 3 is 2.50 bits per heavy atom. The second-order valence-corrected chi connectivity index (χ2v) is 5.16. The van der Waals surface area contributed by atoms with Crippen molar-refractivity contribution in [1.82, 2.24) is 10.6 Å².